The predicted molar refractivity (Wildman–Crippen MR) is 69.1 cm³/mol. The van der Waals surface area contributed by atoms with Crippen LogP contribution < -0.4 is 5.32 Å². The molecule has 0 bridgehead atoms. The molecule has 0 aromatic carbocycles. The van der Waals surface area contributed by atoms with E-state index in [1.807, 2.05) is 34.6 Å². The van der Waals surface area contributed by atoms with Crippen LogP contribution >= 0.6 is 0 Å². The van der Waals surface area contributed by atoms with Gasteiger partial charge in [0.1, 0.15) is 0 Å². The Morgan fingerprint density at radius 3 is 2.12 bits per heavy atom. The standard InChI is InChI=1S/C11H24N2O2S/c1-6-13(7-2)10(14)12-8-9-16(15)11(3,4)5/h6-9H2,1-5H3,(H,12,14)/t16-/m1/s1. The van der Waals surface area contributed by atoms with Gasteiger partial charge in [-0.25, -0.2) is 4.79 Å². The normalized spacial score (nSPS) is 13.3. The van der Waals surface area contributed by atoms with E-state index in [4.69, 9.17) is 0 Å². The van der Waals surface area contributed by atoms with E-state index >= 15 is 0 Å². The molecule has 5 heteroatoms. The van der Waals surface area contributed by atoms with Gasteiger partial charge in [0.15, 0.2) is 0 Å². The molecule has 1 N–H and O–H groups in total. The lowest BCUT2D eigenvalue weighted by Crippen LogP contribution is -2.41. The smallest absolute Gasteiger partial charge is 0.317 e. The fourth-order valence-electron chi connectivity index (χ4n) is 1.18. The summed E-state index contributed by atoms with van der Waals surface area (Å²) in [7, 11) is -0.904. The number of carbonyl (C=O) groups is 1. The maximum absolute atomic E-state index is 11.7. The number of nitrogens with zero attached hydrogens (tertiary/aromatic N) is 1. The van der Waals surface area contributed by atoms with Crippen LogP contribution in [0.1, 0.15) is 34.6 Å². The lowest BCUT2D eigenvalue weighted by Gasteiger charge is -2.21. The lowest BCUT2D eigenvalue weighted by molar-refractivity contribution is 0.204. The Morgan fingerprint density at radius 1 is 1.25 bits per heavy atom. The molecule has 0 heterocycles. The fourth-order valence-corrected chi connectivity index (χ4v) is 2.08. The van der Waals surface area contributed by atoms with Gasteiger partial charge in [-0.1, -0.05) is 0 Å². The SMILES string of the molecule is CCN(CC)C(=O)NCC[S@@](=O)C(C)(C)C. The van der Waals surface area contributed by atoms with Gasteiger partial charge in [0.25, 0.3) is 0 Å². The molecule has 0 saturated carbocycles. The Bertz CT molecular complexity index is 245. The Morgan fingerprint density at radius 2 is 1.75 bits per heavy atom. The molecule has 96 valence electrons. The van der Waals surface area contributed by atoms with Crippen molar-refractivity contribution in [3.63, 3.8) is 0 Å². The number of urea groups is 1. The highest BCUT2D eigenvalue weighted by molar-refractivity contribution is 7.86. The van der Waals surface area contributed by atoms with Gasteiger partial charge in [-0.3, -0.25) is 4.21 Å². The number of nitrogens with one attached hydrogen (secondary N) is 1. The summed E-state index contributed by atoms with van der Waals surface area (Å²) >= 11 is 0. The number of rotatable bonds is 5. The summed E-state index contributed by atoms with van der Waals surface area (Å²) in [5.41, 5.74) is 0. The van der Waals surface area contributed by atoms with Crippen molar-refractivity contribution in [2.75, 3.05) is 25.4 Å². The maximum atomic E-state index is 11.7. The average molecular weight is 248 g/mol. The zero-order valence-corrected chi connectivity index (χ0v) is 11.8. The maximum Gasteiger partial charge on any atom is 0.317 e. The molecule has 0 saturated heterocycles. The third-order valence-electron chi connectivity index (χ3n) is 2.30. The molecule has 0 aromatic rings. The fraction of sp³-hybridized carbons (Fsp3) is 0.909. The summed E-state index contributed by atoms with van der Waals surface area (Å²) in [6.45, 7) is 11.6. The zero-order chi connectivity index (χ0) is 12.8. The first-order chi connectivity index (χ1) is 7.32. The predicted octanol–water partition coefficient (Wildman–Crippen LogP) is 1.58. The van der Waals surface area contributed by atoms with Crippen LogP contribution in [-0.4, -0.2) is 45.3 Å². The van der Waals surface area contributed by atoms with E-state index in [1.165, 1.54) is 0 Å². The van der Waals surface area contributed by atoms with Crippen LogP contribution in [0.3, 0.4) is 0 Å². The molecule has 4 nitrogen and oxygen atoms in total. The van der Waals surface area contributed by atoms with Crippen LogP contribution in [-0.2, 0) is 10.8 Å². The van der Waals surface area contributed by atoms with Crippen molar-refractivity contribution in [1.82, 2.24) is 10.2 Å². The van der Waals surface area contributed by atoms with E-state index in [-0.39, 0.29) is 10.8 Å². The van der Waals surface area contributed by atoms with E-state index in [2.05, 4.69) is 5.32 Å². The van der Waals surface area contributed by atoms with Crippen LogP contribution in [0.5, 0.6) is 0 Å². The Labute approximate surface area is 101 Å². The molecule has 0 aliphatic heterocycles. The summed E-state index contributed by atoms with van der Waals surface area (Å²) in [6, 6.07) is -0.0732. The topological polar surface area (TPSA) is 49.4 Å². The molecule has 0 spiro atoms. The third kappa shape index (κ3) is 5.49. The van der Waals surface area contributed by atoms with E-state index in [0.717, 1.165) is 0 Å². The molecule has 0 unspecified atom stereocenters. The monoisotopic (exact) mass is 248 g/mol. The molecule has 16 heavy (non-hydrogen) atoms. The van der Waals surface area contributed by atoms with Crippen molar-refractivity contribution in [1.29, 1.82) is 0 Å². The van der Waals surface area contributed by atoms with Gasteiger partial charge in [-0.2, -0.15) is 0 Å². The number of hydrogen-bond acceptors (Lipinski definition) is 2. The second-order valence-corrected chi connectivity index (χ2v) is 6.89. The molecule has 0 aliphatic rings. The summed E-state index contributed by atoms with van der Waals surface area (Å²) in [4.78, 5) is 13.3. The highest BCUT2D eigenvalue weighted by atomic mass is 32.2. The molecule has 0 radical (unpaired) electrons. The highest BCUT2D eigenvalue weighted by Gasteiger charge is 2.19. The van der Waals surface area contributed by atoms with Crippen molar-refractivity contribution in [2.45, 2.75) is 39.4 Å². The molecule has 0 fully saturated rings. The highest BCUT2D eigenvalue weighted by Crippen LogP contribution is 2.10. The first-order valence-electron chi connectivity index (χ1n) is 5.74. The van der Waals surface area contributed by atoms with Crippen molar-refractivity contribution in [3.8, 4) is 0 Å². The van der Waals surface area contributed by atoms with Gasteiger partial charge in [-0.05, 0) is 34.6 Å². The minimum atomic E-state index is -0.904. The third-order valence-corrected chi connectivity index (χ3v) is 4.24. The van der Waals surface area contributed by atoms with Gasteiger partial charge >= 0.3 is 6.03 Å². The lowest BCUT2D eigenvalue weighted by atomic mass is 10.3. The summed E-state index contributed by atoms with van der Waals surface area (Å²) in [6.07, 6.45) is 0. The van der Waals surface area contributed by atoms with E-state index in [1.54, 1.807) is 4.90 Å². The Kier molecular flexibility index (Phi) is 6.64. The van der Waals surface area contributed by atoms with Gasteiger partial charge in [0.05, 0.1) is 0 Å². The minimum Gasteiger partial charge on any atom is -0.337 e. The van der Waals surface area contributed by atoms with Crippen LogP contribution in [0.2, 0.25) is 0 Å². The van der Waals surface area contributed by atoms with E-state index in [9.17, 15) is 9.00 Å². The second kappa shape index (κ2) is 6.89. The average Bonchev–Trinajstić information content (AvgIpc) is 2.18. The van der Waals surface area contributed by atoms with Crippen LogP contribution in [0.15, 0.2) is 0 Å². The molecule has 0 rings (SSSR count). The molecular formula is C11H24N2O2S. The summed E-state index contributed by atoms with van der Waals surface area (Å²) in [5.74, 6) is 0.510. The first kappa shape index (κ1) is 15.4. The number of hydrogen-bond donors (Lipinski definition) is 1. The van der Waals surface area contributed by atoms with Gasteiger partial charge in [-0.15, -0.1) is 0 Å². The number of carbonyl (C=O) groups excluding carboxylic acids is 1. The second-order valence-electron chi connectivity index (χ2n) is 4.57. The first-order valence-corrected chi connectivity index (χ1v) is 7.06. The van der Waals surface area contributed by atoms with Crippen molar-refractivity contribution >= 4 is 16.8 Å². The van der Waals surface area contributed by atoms with Crippen LogP contribution in [0.25, 0.3) is 0 Å². The van der Waals surface area contributed by atoms with Crippen LogP contribution in [0, 0.1) is 0 Å². The summed E-state index contributed by atoms with van der Waals surface area (Å²) < 4.78 is 11.5. The van der Waals surface area contributed by atoms with Gasteiger partial charge in [0, 0.05) is 40.9 Å². The molecule has 2 amide bonds. The Hall–Kier alpha value is -0.580. The minimum absolute atomic E-state index is 0.0732. The molecular weight excluding hydrogens is 224 g/mol. The molecule has 1 atom stereocenters. The van der Waals surface area contributed by atoms with Crippen molar-refractivity contribution in [3.05, 3.63) is 0 Å². The Balaban J connectivity index is 3.91. The van der Waals surface area contributed by atoms with E-state index in [0.29, 0.717) is 25.4 Å². The van der Waals surface area contributed by atoms with Crippen LogP contribution in [0.4, 0.5) is 4.79 Å². The van der Waals surface area contributed by atoms with Gasteiger partial charge < -0.3 is 10.2 Å². The molecule has 0 aliphatic carbocycles. The number of amides is 2. The zero-order valence-electron chi connectivity index (χ0n) is 11.0. The quantitative estimate of drug-likeness (QED) is 0.803. The van der Waals surface area contributed by atoms with Gasteiger partial charge in [0.2, 0.25) is 0 Å². The van der Waals surface area contributed by atoms with Crippen molar-refractivity contribution < 1.29 is 9.00 Å². The molecule has 0 aromatic heterocycles. The van der Waals surface area contributed by atoms with Crippen molar-refractivity contribution in [2.24, 2.45) is 0 Å². The van der Waals surface area contributed by atoms with E-state index < -0.39 is 10.8 Å². The largest absolute Gasteiger partial charge is 0.337 e. The summed E-state index contributed by atoms with van der Waals surface area (Å²) in [5, 5.41) is 2.78.